The highest BCUT2D eigenvalue weighted by Crippen LogP contribution is 2.37. The van der Waals surface area contributed by atoms with Gasteiger partial charge in [-0.2, -0.15) is 0 Å². The molecule has 0 saturated heterocycles. The summed E-state index contributed by atoms with van der Waals surface area (Å²) in [6.07, 6.45) is 4.79. The van der Waals surface area contributed by atoms with Crippen LogP contribution < -0.4 is 10.5 Å². The molecule has 0 spiro atoms. The van der Waals surface area contributed by atoms with Gasteiger partial charge in [-0.3, -0.25) is 0 Å². The second-order valence-corrected chi connectivity index (χ2v) is 7.99. The average Bonchev–Trinajstić information content (AvgIpc) is 2.32. The fourth-order valence-corrected chi connectivity index (χ4v) is 3.77. The van der Waals surface area contributed by atoms with Crippen molar-refractivity contribution in [1.82, 2.24) is 0 Å². The van der Waals surface area contributed by atoms with E-state index in [1.165, 1.54) is 19.3 Å². The van der Waals surface area contributed by atoms with E-state index in [2.05, 4.69) is 19.2 Å². The largest absolute Gasteiger partial charge is 0.382 e. The molecule has 1 saturated carbocycles. The predicted octanol–water partition coefficient (Wildman–Crippen LogP) is 3.02. The van der Waals surface area contributed by atoms with Gasteiger partial charge >= 0.3 is 0 Å². The highest BCUT2D eigenvalue weighted by atomic mass is 32.2. The zero-order chi connectivity index (χ0) is 15.0. The van der Waals surface area contributed by atoms with Crippen molar-refractivity contribution >= 4 is 15.7 Å². The molecule has 0 bridgehead atoms. The number of hydrogen-bond donors (Lipinski definition) is 2. The van der Waals surface area contributed by atoms with Gasteiger partial charge in [-0.25, -0.2) is 13.6 Å². The lowest BCUT2D eigenvalue weighted by molar-refractivity contribution is 0.217. The summed E-state index contributed by atoms with van der Waals surface area (Å²) in [4.78, 5) is 0.205. The van der Waals surface area contributed by atoms with Gasteiger partial charge < -0.3 is 5.32 Å². The molecule has 1 aliphatic rings. The maximum absolute atomic E-state index is 11.6. The first-order valence-corrected chi connectivity index (χ1v) is 8.65. The van der Waals surface area contributed by atoms with Crippen LogP contribution in [0, 0.1) is 12.3 Å². The number of hydrogen-bond acceptors (Lipinski definition) is 3. The van der Waals surface area contributed by atoms with Crippen molar-refractivity contribution in [2.24, 2.45) is 10.6 Å². The number of primary sulfonamides is 1. The van der Waals surface area contributed by atoms with Crippen LogP contribution in [-0.4, -0.2) is 14.5 Å². The molecular formula is C15H24N2O2S. The van der Waals surface area contributed by atoms with Crippen molar-refractivity contribution in [3.63, 3.8) is 0 Å². The van der Waals surface area contributed by atoms with Crippen molar-refractivity contribution in [3.8, 4) is 0 Å². The zero-order valence-electron chi connectivity index (χ0n) is 12.4. The standard InChI is InChI=1S/C15H24N2O2S/c1-11-7-8-12(10-13(11)20(16,18)19)17-14-6-4-5-9-15(14,2)3/h7-8,10,14,17H,4-6,9H2,1-3H3,(H2,16,18,19). The Hall–Kier alpha value is -1.07. The van der Waals surface area contributed by atoms with Gasteiger partial charge in [0.15, 0.2) is 0 Å². The molecule has 3 N–H and O–H groups in total. The molecule has 0 amide bonds. The topological polar surface area (TPSA) is 72.2 Å². The lowest BCUT2D eigenvalue weighted by Gasteiger charge is -2.39. The van der Waals surface area contributed by atoms with Crippen molar-refractivity contribution in [3.05, 3.63) is 23.8 Å². The summed E-state index contributed by atoms with van der Waals surface area (Å²) in [5.74, 6) is 0. The molecule has 1 aromatic rings. The smallest absolute Gasteiger partial charge is 0.238 e. The fraction of sp³-hybridized carbons (Fsp3) is 0.600. The Kier molecular flexibility index (Phi) is 4.12. The summed E-state index contributed by atoms with van der Waals surface area (Å²) in [6, 6.07) is 5.74. The molecule has 4 nitrogen and oxygen atoms in total. The zero-order valence-corrected chi connectivity index (χ0v) is 13.3. The number of anilines is 1. The number of sulfonamides is 1. The first-order chi connectivity index (χ1) is 9.20. The molecule has 1 fully saturated rings. The van der Waals surface area contributed by atoms with Gasteiger partial charge in [-0.05, 0) is 42.9 Å². The molecule has 1 aliphatic carbocycles. The van der Waals surface area contributed by atoms with Gasteiger partial charge in [0.2, 0.25) is 10.0 Å². The third-order valence-corrected chi connectivity index (χ3v) is 5.40. The maximum atomic E-state index is 11.6. The Morgan fingerprint density at radius 1 is 1.30 bits per heavy atom. The Labute approximate surface area is 121 Å². The number of rotatable bonds is 3. The molecule has 1 unspecified atom stereocenters. The second-order valence-electron chi connectivity index (χ2n) is 6.46. The van der Waals surface area contributed by atoms with E-state index in [-0.39, 0.29) is 10.3 Å². The Balaban J connectivity index is 2.26. The van der Waals surface area contributed by atoms with Crippen LogP contribution in [0.15, 0.2) is 23.1 Å². The highest BCUT2D eigenvalue weighted by molar-refractivity contribution is 7.89. The van der Waals surface area contributed by atoms with Crippen LogP contribution in [0.4, 0.5) is 5.69 Å². The van der Waals surface area contributed by atoms with Crippen molar-refractivity contribution in [2.45, 2.75) is 57.4 Å². The molecule has 0 aromatic heterocycles. The number of benzene rings is 1. The van der Waals surface area contributed by atoms with Crippen LogP contribution in [0.2, 0.25) is 0 Å². The summed E-state index contributed by atoms with van der Waals surface area (Å²) in [6.45, 7) is 6.28. The molecule has 0 heterocycles. The normalized spacial score (nSPS) is 22.5. The molecule has 112 valence electrons. The van der Waals surface area contributed by atoms with Gasteiger partial charge in [0.05, 0.1) is 4.90 Å². The summed E-state index contributed by atoms with van der Waals surface area (Å²) in [5, 5.41) is 8.75. The van der Waals surface area contributed by atoms with Crippen molar-refractivity contribution < 1.29 is 8.42 Å². The van der Waals surface area contributed by atoms with Crippen molar-refractivity contribution in [2.75, 3.05) is 5.32 Å². The van der Waals surface area contributed by atoms with Crippen LogP contribution in [0.1, 0.15) is 45.1 Å². The third kappa shape index (κ3) is 3.33. The van der Waals surface area contributed by atoms with Gasteiger partial charge in [0.25, 0.3) is 0 Å². The predicted molar refractivity (Wildman–Crippen MR) is 82.2 cm³/mol. The van der Waals surface area contributed by atoms with E-state index in [0.29, 0.717) is 11.6 Å². The van der Waals surface area contributed by atoms with Gasteiger partial charge in [0, 0.05) is 11.7 Å². The van der Waals surface area contributed by atoms with E-state index in [4.69, 9.17) is 5.14 Å². The summed E-state index contributed by atoms with van der Waals surface area (Å²) in [7, 11) is -3.67. The molecule has 5 heteroatoms. The summed E-state index contributed by atoms with van der Waals surface area (Å²) < 4.78 is 23.2. The summed E-state index contributed by atoms with van der Waals surface area (Å²) in [5.41, 5.74) is 1.74. The number of nitrogens with two attached hydrogens (primary N) is 1. The van der Waals surface area contributed by atoms with E-state index in [9.17, 15) is 8.42 Å². The monoisotopic (exact) mass is 296 g/mol. The Morgan fingerprint density at radius 3 is 2.60 bits per heavy atom. The first-order valence-electron chi connectivity index (χ1n) is 7.10. The number of nitrogens with one attached hydrogen (secondary N) is 1. The van der Waals surface area contributed by atoms with Crippen LogP contribution in [-0.2, 0) is 10.0 Å². The van der Waals surface area contributed by atoms with Crippen LogP contribution >= 0.6 is 0 Å². The molecule has 1 atom stereocenters. The van der Waals surface area contributed by atoms with E-state index in [0.717, 1.165) is 12.1 Å². The van der Waals surface area contributed by atoms with E-state index >= 15 is 0 Å². The number of aryl methyl sites for hydroxylation is 1. The Morgan fingerprint density at radius 2 is 2.00 bits per heavy atom. The quantitative estimate of drug-likeness (QED) is 0.900. The van der Waals surface area contributed by atoms with E-state index in [1.54, 1.807) is 19.1 Å². The SMILES string of the molecule is Cc1ccc(NC2CCCCC2(C)C)cc1S(N)(=O)=O. The minimum Gasteiger partial charge on any atom is -0.382 e. The molecule has 1 aromatic carbocycles. The molecule has 2 rings (SSSR count). The highest BCUT2D eigenvalue weighted by Gasteiger charge is 2.32. The van der Waals surface area contributed by atoms with Crippen LogP contribution in [0.5, 0.6) is 0 Å². The lowest BCUT2D eigenvalue weighted by atomic mass is 9.73. The van der Waals surface area contributed by atoms with Gasteiger partial charge in [-0.15, -0.1) is 0 Å². The van der Waals surface area contributed by atoms with Crippen molar-refractivity contribution in [1.29, 1.82) is 0 Å². The fourth-order valence-electron chi connectivity index (χ4n) is 2.96. The minimum atomic E-state index is -3.67. The summed E-state index contributed by atoms with van der Waals surface area (Å²) >= 11 is 0. The van der Waals surface area contributed by atoms with E-state index in [1.807, 2.05) is 6.07 Å². The first kappa shape index (κ1) is 15.3. The van der Waals surface area contributed by atoms with Gasteiger partial charge in [0.1, 0.15) is 0 Å². The van der Waals surface area contributed by atoms with Crippen LogP contribution in [0.25, 0.3) is 0 Å². The Bertz CT molecular complexity index is 594. The average molecular weight is 296 g/mol. The molecule has 0 radical (unpaired) electrons. The maximum Gasteiger partial charge on any atom is 0.238 e. The minimum absolute atomic E-state index is 0.205. The van der Waals surface area contributed by atoms with E-state index < -0.39 is 10.0 Å². The molecule has 0 aliphatic heterocycles. The lowest BCUT2D eigenvalue weighted by Crippen LogP contribution is -2.38. The van der Waals surface area contributed by atoms with Crippen LogP contribution in [0.3, 0.4) is 0 Å². The van der Waals surface area contributed by atoms with Gasteiger partial charge in [-0.1, -0.05) is 32.8 Å². The molecular weight excluding hydrogens is 272 g/mol. The second kappa shape index (κ2) is 5.37. The molecule has 20 heavy (non-hydrogen) atoms. The third-order valence-electron chi connectivity index (χ3n) is 4.34.